The van der Waals surface area contributed by atoms with E-state index in [0.717, 1.165) is 23.8 Å². The zero-order chi connectivity index (χ0) is 13.8. The minimum Gasteiger partial charge on any atom is -0.367 e. The predicted molar refractivity (Wildman–Crippen MR) is 78.5 cm³/mol. The van der Waals surface area contributed by atoms with E-state index in [4.69, 9.17) is 17.3 Å². The highest BCUT2D eigenvalue weighted by atomic mass is 35.5. The fourth-order valence-corrected chi connectivity index (χ4v) is 2.54. The van der Waals surface area contributed by atoms with Crippen molar-refractivity contribution in [2.75, 3.05) is 31.1 Å². The van der Waals surface area contributed by atoms with Crippen LogP contribution in [-0.4, -0.2) is 43.0 Å². The normalized spacial score (nSPS) is 17.4. The van der Waals surface area contributed by atoms with E-state index in [-0.39, 0.29) is 11.9 Å². The molecule has 19 heavy (non-hydrogen) atoms. The minimum atomic E-state index is -0.369. The van der Waals surface area contributed by atoms with Crippen molar-refractivity contribution in [1.29, 1.82) is 0 Å². The van der Waals surface area contributed by atoms with Crippen molar-refractivity contribution in [1.82, 2.24) is 4.90 Å². The van der Waals surface area contributed by atoms with Gasteiger partial charge in [-0.15, -0.1) is 0 Å². The first-order valence-electron chi connectivity index (χ1n) is 6.67. The van der Waals surface area contributed by atoms with Gasteiger partial charge in [0.25, 0.3) is 0 Å². The Morgan fingerprint density at radius 1 is 1.32 bits per heavy atom. The number of hydrogen-bond donors (Lipinski definition) is 1. The zero-order valence-electron chi connectivity index (χ0n) is 11.2. The lowest BCUT2D eigenvalue weighted by molar-refractivity contribution is -0.132. The molecule has 1 aliphatic rings. The van der Waals surface area contributed by atoms with Crippen LogP contribution in [0.25, 0.3) is 0 Å². The third-order valence-corrected chi connectivity index (χ3v) is 3.86. The molecule has 5 heteroatoms. The average molecular weight is 282 g/mol. The number of amides is 1. The molecule has 1 heterocycles. The van der Waals surface area contributed by atoms with Gasteiger partial charge in [0, 0.05) is 26.2 Å². The van der Waals surface area contributed by atoms with Crippen LogP contribution < -0.4 is 10.6 Å². The summed E-state index contributed by atoms with van der Waals surface area (Å²) < 4.78 is 0. The van der Waals surface area contributed by atoms with E-state index in [1.165, 1.54) is 0 Å². The summed E-state index contributed by atoms with van der Waals surface area (Å²) in [6.45, 7) is 4.94. The molecular weight excluding hydrogens is 262 g/mol. The van der Waals surface area contributed by atoms with Gasteiger partial charge in [0.2, 0.25) is 5.91 Å². The molecule has 0 bridgehead atoms. The Bertz CT molecular complexity index is 444. The van der Waals surface area contributed by atoms with E-state index < -0.39 is 0 Å². The Morgan fingerprint density at radius 3 is 2.53 bits per heavy atom. The van der Waals surface area contributed by atoms with Gasteiger partial charge in [-0.05, 0) is 18.6 Å². The van der Waals surface area contributed by atoms with Crippen LogP contribution in [0.5, 0.6) is 0 Å². The highest BCUT2D eigenvalue weighted by Crippen LogP contribution is 2.26. The third kappa shape index (κ3) is 3.19. The van der Waals surface area contributed by atoms with Crippen molar-refractivity contribution in [2.45, 2.75) is 19.4 Å². The SMILES string of the molecule is CC[C@H](N)C(=O)N1CCN(c2ccccc2Cl)CC1. The van der Waals surface area contributed by atoms with Crippen molar-refractivity contribution in [3.63, 3.8) is 0 Å². The average Bonchev–Trinajstić information content (AvgIpc) is 2.46. The third-order valence-electron chi connectivity index (χ3n) is 3.54. The van der Waals surface area contributed by atoms with Crippen LogP contribution in [0.3, 0.4) is 0 Å². The number of carbonyl (C=O) groups excluding carboxylic acids is 1. The van der Waals surface area contributed by atoms with Gasteiger partial charge in [0.05, 0.1) is 16.8 Å². The molecule has 4 nitrogen and oxygen atoms in total. The molecule has 104 valence electrons. The smallest absolute Gasteiger partial charge is 0.239 e. The first-order chi connectivity index (χ1) is 9.13. The molecule has 0 saturated carbocycles. The number of nitrogens with zero attached hydrogens (tertiary/aromatic N) is 2. The van der Waals surface area contributed by atoms with E-state index in [9.17, 15) is 4.79 Å². The van der Waals surface area contributed by atoms with Crippen LogP contribution in [0, 0.1) is 0 Å². The van der Waals surface area contributed by atoms with E-state index in [1.807, 2.05) is 36.1 Å². The largest absolute Gasteiger partial charge is 0.367 e. The molecule has 1 aliphatic heterocycles. The second kappa shape index (κ2) is 6.26. The number of hydrogen-bond acceptors (Lipinski definition) is 3. The van der Waals surface area contributed by atoms with Crippen molar-refractivity contribution in [3.8, 4) is 0 Å². The molecule has 1 aromatic carbocycles. The lowest BCUT2D eigenvalue weighted by Crippen LogP contribution is -2.53. The molecule has 0 unspecified atom stereocenters. The summed E-state index contributed by atoms with van der Waals surface area (Å²) in [5.74, 6) is 0.0568. The lowest BCUT2D eigenvalue weighted by atomic mass is 10.2. The van der Waals surface area contributed by atoms with Gasteiger partial charge in [-0.1, -0.05) is 30.7 Å². The monoisotopic (exact) mass is 281 g/mol. The standard InChI is InChI=1S/C14H20ClN3O/c1-2-12(16)14(19)18-9-7-17(8-10-18)13-6-4-3-5-11(13)15/h3-6,12H,2,7-10,16H2,1H3/t12-/m0/s1. The van der Waals surface area contributed by atoms with Crippen LogP contribution >= 0.6 is 11.6 Å². The number of rotatable bonds is 3. The number of halogens is 1. The van der Waals surface area contributed by atoms with E-state index in [2.05, 4.69) is 4.90 Å². The van der Waals surface area contributed by atoms with Gasteiger partial charge in [-0.3, -0.25) is 4.79 Å². The number of carbonyl (C=O) groups is 1. The first kappa shape index (κ1) is 14.2. The molecule has 1 aromatic rings. The highest BCUT2D eigenvalue weighted by molar-refractivity contribution is 6.33. The number of benzene rings is 1. The van der Waals surface area contributed by atoms with Crippen LogP contribution in [-0.2, 0) is 4.79 Å². The molecular formula is C14H20ClN3O. The molecule has 2 N–H and O–H groups in total. The molecule has 1 amide bonds. The summed E-state index contributed by atoms with van der Waals surface area (Å²) in [5.41, 5.74) is 6.83. The van der Waals surface area contributed by atoms with E-state index in [1.54, 1.807) is 0 Å². The zero-order valence-corrected chi connectivity index (χ0v) is 11.9. The van der Waals surface area contributed by atoms with Crippen LogP contribution in [0.4, 0.5) is 5.69 Å². The Hall–Kier alpha value is -1.26. The highest BCUT2D eigenvalue weighted by Gasteiger charge is 2.24. The Morgan fingerprint density at radius 2 is 1.95 bits per heavy atom. The second-order valence-corrected chi connectivity index (χ2v) is 5.19. The number of para-hydroxylation sites is 1. The topological polar surface area (TPSA) is 49.6 Å². The van der Waals surface area contributed by atoms with Crippen molar-refractivity contribution in [3.05, 3.63) is 29.3 Å². The molecule has 1 atom stereocenters. The maximum atomic E-state index is 12.0. The molecule has 0 spiro atoms. The van der Waals surface area contributed by atoms with E-state index >= 15 is 0 Å². The van der Waals surface area contributed by atoms with Crippen molar-refractivity contribution < 1.29 is 4.79 Å². The predicted octanol–water partition coefficient (Wildman–Crippen LogP) is 1.73. The summed E-state index contributed by atoms with van der Waals surface area (Å²) >= 11 is 6.19. The van der Waals surface area contributed by atoms with E-state index in [0.29, 0.717) is 19.5 Å². The fraction of sp³-hybridized carbons (Fsp3) is 0.500. The molecule has 1 saturated heterocycles. The summed E-state index contributed by atoms with van der Waals surface area (Å²) in [6, 6.07) is 7.43. The quantitative estimate of drug-likeness (QED) is 0.918. The van der Waals surface area contributed by atoms with Crippen LogP contribution in [0.1, 0.15) is 13.3 Å². The molecule has 2 rings (SSSR count). The molecule has 0 radical (unpaired) electrons. The van der Waals surface area contributed by atoms with Crippen LogP contribution in [0.15, 0.2) is 24.3 Å². The second-order valence-electron chi connectivity index (χ2n) is 4.78. The number of nitrogens with two attached hydrogens (primary N) is 1. The molecule has 0 aromatic heterocycles. The van der Waals surface area contributed by atoms with Crippen molar-refractivity contribution >= 4 is 23.2 Å². The maximum absolute atomic E-state index is 12.0. The van der Waals surface area contributed by atoms with Crippen LogP contribution in [0.2, 0.25) is 5.02 Å². The Kier molecular flexibility index (Phi) is 4.66. The molecule has 0 aliphatic carbocycles. The fourth-order valence-electron chi connectivity index (χ4n) is 2.29. The lowest BCUT2D eigenvalue weighted by Gasteiger charge is -2.37. The molecule has 1 fully saturated rings. The first-order valence-corrected chi connectivity index (χ1v) is 7.05. The number of anilines is 1. The Labute approximate surface area is 119 Å². The minimum absolute atomic E-state index is 0.0568. The summed E-state index contributed by atoms with van der Waals surface area (Å²) in [6.07, 6.45) is 0.684. The van der Waals surface area contributed by atoms with Crippen molar-refractivity contribution in [2.24, 2.45) is 5.73 Å². The Balaban J connectivity index is 1.96. The van der Waals surface area contributed by atoms with Gasteiger partial charge in [-0.2, -0.15) is 0 Å². The van der Waals surface area contributed by atoms with Gasteiger partial charge >= 0.3 is 0 Å². The van der Waals surface area contributed by atoms with Gasteiger partial charge in [0.1, 0.15) is 0 Å². The summed E-state index contributed by atoms with van der Waals surface area (Å²) in [7, 11) is 0. The van der Waals surface area contributed by atoms with Gasteiger partial charge in [-0.25, -0.2) is 0 Å². The van der Waals surface area contributed by atoms with Gasteiger partial charge in [0.15, 0.2) is 0 Å². The van der Waals surface area contributed by atoms with Gasteiger partial charge < -0.3 is 15.5 Å². The summed E-state index contributed by atoms with van der Waals surface area (Å²) in [5, 5.41) is 0.757. The summed E-state index contributed by atoms with van der Waals surface area (Å²) in [4.78, 5) is 16.1. The maximum Gasteiger partial charge on any atom is 0.239 e. The number of piperazine rings is 1.